The summed E-state index contributed by atoms with van der Waals surface area (Å²) >= 11 is 0. The molecule has 0 aliphatic carbocycles. The molecule has 0 aliphatic rings. The summed E-state index contributed by atoms with van der Waals surface area (Å²) in [5, 5.41) is 0. The lowest BCUT2D eigenvalue weighted by atomic mass is 10.2. The first-order valence-electron chi connectivity index (χ1n) is 4.49. The zero-order valence-corrected chi connectivity index (χ0v) is 8.04. The van der Waals surface area contributed by atoms with E-state index in [-0.39, 0.29) is 5.97 Å². The van der Waals surface area contributed by atoms with Crippen LogP contribution in [0, 0.1) is 6.92 Å². The highest BCUT2D eigenvalue weighted by molar-refractivity contribution is 5.72. The van der Waals surface area contributed by atoms with Crippen molar-refractivity contribution in [3.05, 3.63) is 29.8 Å². The van der Waals surface area contributed by atoms with Crippen LogP contribution < -0.4 is 4.74 Å². The number of rotatable bonds is 3. The van der Waals surface area contributed by atoms with Crippen LogP contribution in [0.15, 0.2) is 24.3 Å². The third-order valence-electron chi connectivity index (χ3n) is 1.71. The summed E-state index contributed by atoms with van der Waals surface area (Å²) in [6.45, 7) is 3.95. The van der Waals surface area contributed by atoms with Crippen LogP contribution in [0.3, 0.4) is 0 Å². The maximum atomic E-state index is 11.1. The molecule has 1 aromatic rings. The standard InChI is InChI=1S/C11H14O2/c1-3-4-11(12)13-10-7-5-9(2)6-8-10/h5-8H,3-4H2,1-2H3. The van der Waals surface area contributed by atoms with E-state index in [2.05, 4.69) is 0 Å². The number of esters is 1. The molecule has 0 aromatic heterocycles. The van der Waals surface area contributed by atoms with Gasteiger partial charge in [0.1, 0.15) is 5.75 Å². The van der Waals surface area contributed by atoms with E-state index in [1.807, 2.05) is 38.1 Å². The molecule has 0 saturated carbocycles. The Labute approximate surface area is 78.5 Å². The van der Waals surface area contributed by atoms with E-state index in [0.29, 0.717) is 12.2 Å². The molecule has 0 radical (unpaired) electrons. The predicted molar refractivity (Wildman–Crippen MR) is 51.7 cm³/mol. The van der Waals surface area contributed by atoms with Crippen molar-refractivity contribution >= 4 is 5.97 Å². The first kappa shape index (κ1) is 9.78. The number of hydrogen-bond acceptors (Lipinski definition) is 2. The molecule has 1 rings (SSSR count). The molecule has 70 valence electrons. The topological polar surface area (TPSA) is 26.3 Å². The Morgan fingerprint density at radius 2 is 1.92 bits per heavy atom. The largest absolute Gasteiger partial charge is 0.427 e. The van der Waals surface area contributed by atoms with Gasteiger partial charge in [0, 0.05) is 6.42 Å². The minimum Gasteiger partial charge on any atom is -0.427 e. The Morgan fingerprint density at radius 3 is 2.46 bits per heavy atom. The van der Waals surface area contributed by atoms with E-state index >= 15 is 0 Å². The second-order valence-corrected chi connectivity index (χ2v) is 3.04. The fourth-order valence-electron chi connectivity index (χ4n) is 0.993. The van der Waals surface area contributed by atoms with Gasteiger partial charge in [0.25, 0.3) is 0 Å². The second kappa shape index (κ2) is 4.65. The average Bonchev–Trinajstić information content (AvgIpc) is 2.09. The quantitative estimate of drug-likeness (QED) is 0.525. The minimum atomic E-state index is -0.161. The Balaban J connectivity index is 2.54. The van der Waals surface area contributed by atoms with Gasteiger partial charge in [-0.1, -0.05) is 24.6 Å². The highest BCUT2D eigenvalue weighted by Gasteiger charge is 2.01. The van der Waals surface area contributed by atoms with Gasteiger partial charge in [-0.3, -0.25) is 4.79 Å². The molecule has 2 nitrogen and oxygen atoms in total. The summed E-state index contributed by atoms with van der Waals surface area (Å²) in [4.78, 5) is 11.1. The first-order chi connectivity index (χ1) is 6.22. The fourth-order valence-corrected chi connectivity index (χ4v) is 0.993. The highest BCUT2D eigenvalue weighted by atomic mass is 16.5. The first-order valence-corrected chi connectivity index (χ1v) is 4.49. The molecule has 0 N–H and O–H groups in total. The molecule has 0 amide bonds. The van der Waals surface area contributed by atoms with Crippen LogP contribution in [-0.4, -0.2) is 5.97 Å². The van der Waals surface area contributed by atoms with E-state index in [9.17, 15) is 4.79 Å². The zero-order chi connectivity index (χ0) is 9.68. The van der Waals surface area contributed by atoms with E-state index in [4.69, 9.17) is 4.74 Å². The maximum Gasteiger partial charge on any atom is 0.311 e. The summed E-state index contributed by atoms with van der Waals surface area (Å²) in [7, 11) is 0. The highest BCUT2D eigenvalue weighted by Crippen LogP contribution is 2.12. The third kappa shape index (κ3) is 3.28. The lowest BCUT2D eigenvalue weighted by Crippen LogP contribution is -2.06. The van der Waals surface area contributed by atoms with Crippen LogP contribution >= 0.6 is 0 Å². The maximum absolute atomic E-state index is 11.1. The van der Waals surface area contributed by atoms with E-state index in [0.717, 1.165) is 12.0 Å². The summed E-state index contributed by atoms with van der Waals surface area (Å²) in [5.74, 6) is 0.468. The second-order valence-electron chi connectivity index (χ2n) is 3.04. The summed E-state index contributed by atoms with van der Waals surface area (Å²) in [5.41, 5.74) is 1.16. The SMILES string of the molecule is CCCC(=O)Oc1ccc(C)cc1. The van der Waals surface area contributed by atoms with Gasteiger partial charge in [-0.25, -0.2) is 0 Å². The van der Waals surface area contributed by atoms with Gasteiger partial charge in [-0.05, 0) is 25.5 Å². The van der Waals surface area contributed by atoms with Gasteiger partial charge in [0.05, 0.1) is 0 Å². The predicted octanol–water partition coefficient (Wildman–Crippen LogP) is 2.70. The molecule has 0 aliphatic heterocycles. The Kier molecular flexibility index (Phi) is 3.50. The summed E-state index contributed by atoms with van der Waals surface area (Å²) in [6, 6.07) is 7.47. The molecule has 0 bridgehead atoms. The Hall–Kier alpha value is -1.31. The van der Waals surface area contributed by atoms with Gasteiger partial charge in [0.2, 0.25) is 0 Å². The molecule has 2 heteroatoms. The molecule has 0 atom stereocenters. The summed E-state index contributed by atoms with van der Waals surface area (Å²) < 4.78 is 5.07. The smallest absolute Gasteiger partial charge is 0.311 e. The number of hydrogen-bond donors (Lipinski definition) is 0. The molecule has 0 fully saturated rings. The van der Waals surface area contributed by atoms with Crippen molar-refractivity contribution < 1.29 is 9.53 Å². The number of aryl methyl sites for hydroxylation is 1. The van der Waals surface area contributed by atoms with Crippen LogP contribution in [0.1, 0.15) is 25.3 Å². The number of carbonyl (C=O) groups excluding carboxylic acids is 1. The third-order valence-corrected chi connectivity index (χ3v) is 1.71. The van der Waals surface area contributed by atoms with E-state index in [1.54, 1.807) is 0 Å². The van der Waals surface area contributed by atoms with Gasteiger partial charge in [-0.15, -0.1) is 0 Å². The fraction of sp³-hybridized carbons (Fsp3) is 0.364. The van der Waals surface area contributed by atoms with Crippen molar-refractivity contribution in [2.24, 2.45) is 0 Å². The Bertz CT molecular complexity index is 275. The molecule has 0 unspecified atom stereocenters. The molecular formula is C11H14O2. The Morgan fingerprint density at radius 1 is 1.31 bits per heavy atom. The zero-order valence-electron chi connectivity index (χ0n) is 8.04. The molecule has 0 saturated heterocycles. The van der Waals surface area contributed by atoms with Crippen molar-refractivity contribution in [2.75, 3.05) is 0 Å². The molecule has 1 aromatic carbocycles. The van der Waals surface area contributed by atoms with Crippen molar-refractivity contribution in [3.8, 4) is 5.75 Å². The van der Waals surface area contributed by atoms with Gasteiger partial charge in [0.15, 0.2) is 0 Å². The van der Waals surface area contributed by atoms with Crippen molar-refractivity contribution in [3.63, 3.8) is 0 Å². The van der Waals surface area contributed by atoms with Crippen LogP contribution in [0.2, 0.25) is 0 Å². The number of carbonyl (C=O) groups is 1. The van der Waals surface area contributed by atoms with E-state index < -0.39 is 0 Å². The van der Waals surface area contributed by atoms with Crippen molar-refractivity contribution in [1.82, 2.24) is 0 Å². The monoisotopic (exact) mass is 178 g/mol. The normalized spacial score (nSPS) is 9.69. The van der Waals surface area contributed by atoms with Crippen LogP contribution in [0.25, 0.3) is 0 Å². The minimum absolute atomic E-state index is 0.161. The molecule has 0 heterocycles. The summed E-state index contributed by atoms with van der Waals surface area (Å²) in [6.07, 6.45) is 1.30. The average molecular weight is 178 g/mol. The van der Waals surface area contributed by atoms with Crippen LogP contribution in [-0.2, 0) is 4.79 Å². The van der Waals surface area contributed by atoms with Gasteiger partial charge < -0.3 is 4.74 Å². The molecule has 13 heavy (non-hydrogen) atoms. The lowest BCUT2D eigenvalue weighted by Gasteiger charge is -2.02. The van der Waals surface area contributed by atoms with Crippen molar-refractivity contribution in [1.29, 1.82) is 0 Å². The van der Waals surface area contributed by atoms with Crippen LogP contribution in [0.4, 0.5) is 0 Å². The van der Waals surface area contributed by atoms with E-state index in [1.165, 1.54) is 0 Å². The van der Waals surface area contributed by atoms with Gasteiger partial charge >= 0.3 is 5.97 Å². The molecule has 0 spiro atoms. The molecular weight excluding hydrogens is 164 g/mol. The lowest BCUT2D eigenvalue weighted by molar-refractivity contribution is -0.134. The number of ether oxygens (including phenoxy) is 1. The van der Waals surface area contributed by atoms with Crippen molar-refractivity contribution in [2.45, 2.75) is 26.7 Å². The van der Waals surface area contributed by atoms with Gasteiger partial charge in [-0.2, -0.15) is 0 Å². The van der Waals surface area contributed by atoms with Crippen LogP contribution in [0.5, 0.6) is 5.75 Å². The number of benzene rings is 1.